The Balaban J connectivity index is 2.18. The highest BCUT2D eigenvalue weighted by Gasteiger charge is 2.16. The van der Waals surface area contributed by atoms with E-state index in [1.165, 1.54) is 6.39 Å². The van der Waals surface area contributed by atoms with E-state index in [4.69, 9.17) is 4.42 Å². The Hall–Kier alpha value is -2.01. The summed E-state index contributed by atoms with van der Waals surface area (Å²) in [7, 11) is 0. The second-order valence-electron chi connectivity index (χ2n) is 3.52. The number of aryl methyl sites for hydroxylation is 1. The first-order valence-corrected chi connectivity index (χ1v) is 5.95. The van der Waals surface area contributed by atoms with Crippen LogP contribution in [0.3, 0.4) is 0 Å². The molecule has 2 heterocycles. The van der Waals surface area contributed by atoms with E-state index in [-0.39, 0.29) is 0 Å². The standard InChI is InChI=1S/C12H9N3OS/c1-8-14-10(9-5-3-2-4-6-9)11(17-8)12-15-13-7-16-12/h2-7H,1H3. The lowest BCUT2D eigenvalue weighted by Gasteiger charge is -1.97. The summed E-state index contributed by atoms with van der Waals surface area (Å²) >= 11 is 1.56. The van der Waals surface area contributed by atoms with Crippen LogP contribution in [0.5, 0.6) is 0 Å². The first kappa shape index (κ1) is 10.2. The minimum atomic E-state index is 0.523. The molecule has 17 heavy (non-hydrogen) atoms. The Morgan fingerprint density at radius 2 is 2.00 bits per heavy atom. The molecule has 5 heteroatoms. The number of benzene rings is 1. The zero-order valence-corrected chi connectivity index (χ0v) is 9.94. The predicted octanol–water partition coefficient (Wildman–Crippen LogP) is 3.17. The molecule has 0 bridgehead atoms. The van der Waals surface area contributed by atoms with Crippen molar-refractivity contribution in [1.82, 2.24) is 15.2 Å². The van der Waals surface area contributed by atoms with E-state index in [9.17, 15) is 0 Å². The largest absolute Gasteiger partial charge is 0.423 e. The van der Waals surface area contributed by atoms with Crippen molar-refractivity contribution in [3.63, 3.8) is 0 Å². The molecular weight excluding hydrogens is 234 g/mol. The van der Waals surface area contributed by atoms with Gasteiger partial charge in [0.2, 0.25) is 6.39 Å². The van der Waals surface area contributed by atoms with Gasteiger partial charge in [-0.1, -0.05) is 30.3 Å². The summed E-state index contributed by atoms with van der Waals surface area (Å²) in [5, 5.41) is 8.63. The van der Waals surface area contributed by atoms with E-state index in [0.717, 1.165) is 21.1 Å². The number of thiazole rings is 1. The molecule has 0 spiro atoms. The molecule has 0 amide bonds. The van der Waals surface area contributed by atoms with E-state index < -0.39 is 0 Å². The highest BCUT2D eigenvalue weighted by atomic mass is 32.1. The van der Waals surface area contributed by atoms with E-state index >= 15 is 0 Å². The summed E-state index contributed by atoms with van der Waals surface area (Å²) in [6, 6.07) is 10.0. The third-order valence-electron chi connectivity index (χ3n) is 2.34. The Morgan fingerprint density at radius 1 is 1.18 bits per heavy atom. The molecule has 0 aliphatic carbocycles. The minimum absolute atomic E-state index is 0.523. The second-order valence-corrected chi connectivity index (χ2v) is 4.72. The van der Waals surface area contributed by atoms with Gasteiger partial charge in [0.05, 0.1) is 10.7 Å². The van der Waals surface area contributed by atoms with E-state index in [1.807, 2.05) is 37.3 Å². The van der Waals surface area contributed by atoms with Crippen LogP contribution in [0.1, 0.15) is 5.01 Å². The van der Waals surface area contributed by atoms with Crippen molar-refractivity contribution in [1.29, 1.82) is 0 Å². The average Bonchev–Trinajstić information content (AvgIpc) is 2.98. The van der Waals surface area contributed by atoms with Gasteiger partial charge in [-0.15, -0.1) is 21.5 Å². The van der Waals surface area contributed by atoms with Crippen LogP contribution in [0.2, 0.25) is 0 Å². The molecule has 0 atom stereocenters. The lowest BCUT2D eigenvalue weighted by atomic mass is 10.1. The molecule has 0 unspecified atom stereocenters. The number of nitrogens with zero attached hydrogens (tertiary/aromatic N) is 3. The summed E-state index contributed by atoms with van der Waals surface area (Å²) in [6.45, 7) is 1.97. The lowest BCUT2D eigenvalue weighted by Crippen LogP contribution is -1.82. The van der Waals surface area contributed by atoms with Crippen LogP contribution in [0.4, 0.5) is 0 Å². The van der Waals surface area contributed by atoms with Crippen molar-refractivity contribution in [3.8, 4) is 22.0 Å². The third-order valence-corrected chi connectivity index (χ3v) is 3.29. The molecule has 0 saturated carbocycles. The third kappa shape index (κ3) is 1.85. The van der Waals surface area contributed by atoms with Crippen LogP contribution < -0.4 is 0 Å². The first-order chi connectivity index (χ1) is 8.34. The van der Waals surface area contributed by atoms with Gasteiger partial charge in [0.25, 0.3) is 5.89 Å². The van der Waals surface area contributed by atoms with Gasteiger partial charge < -0.3 is 4.42 Å². The topological polar surface area (TPSA) is 51.8 Å². The minimum Gasteiger partial charge on any atom is -0.423 e. The van der Waals surface area contributed by atoms with Gasteiger partial charge in [-0.2, -0.15) is 0 Å². The highest BCUT2D eigenvalue weighted by molar-refractivity contribution is 7.15. The summed E-state index contributed by atoms with van der Waals surface area (Å²) < 4.78 is 5.24. The van der Waals surface area contributed by atoms with Gasteiger partial charge in [-0.25, -0.2) is 4.98 Å². The number of hydrogen-bond acceptors (Lipinski definition) is 5. The number of hydrogen-bond donors (Lipinski definition) is 0. The molecule has 0 aliphatic heterocycles. The second kappa shape index (κ2) is 4.10. The van der Waals surface area contributed by atoms with Crippen molar-refractivity contribution in [2.24, 2.45) is 0 Å². The molecule has 0 radical (unpaired) electrons. The van der Waals surface area contributed by atoms with Crippen molar-refractivity contribution >= 4 is 11.3 Å². The maximum atomic E-state index is 5.24. The van der Waals surface area contributed by atoms with Crippen LogP contribution >= 0.6 is 11.3 Å². The van der Waals surface area contributed by atoms with E-state index in [2.05, 4.69) is 15.2 Å². The molecule has 0 fully saturated rings. The smallest absolute Gasteiger partial charge is 0.259 e. The van der Waals surface area contributed by atoms with Crippen LogP contribution in [-0.4, -0.2) is 15.2 Å². The fourth-order valence-electron chi connectivity index (χ4n) is 1.64. The SMILES string of the molecule is Cc1nc(-c2ccccc2)c(-c2nnco2)s1. The summed E-state index contributed by atoms with van der Waals surface area (Å²) in [4.78, 5) is 5.45. The summed E-state index contributed by atoms with van der Waals surface area (Å²) in [5.74, 6) is 0.523. The van der Waals surface area contributed by atoms with E-state index in [1.54, 1.807) is 11.3 Å². The molecule has 3 rings (SSSR count). The summed E-state index contributed by atoms with van der Waals surface area (Å²) in [5.41, 5.74) is 1.96. The normalized spacial score (nSPS) is 10.6. The Kier molecular flexibility index (Phi) is 2.45. The average molecular weight is 243 g/mol. The number of aromatic nitrogens is 3. The quantitative estimate of drug-likeness (QED) is 0.693. The molecular formula is C12H9N3OS. The lowest BCUT2D eigenvalue weighted by molar-refractivity contribution is 0.570. The Bertz CT molecular complexity index is 617. The molecule has 0 aliphatic rings. The van der Waals surface area contributed by atoms with Crippen molar-refractivity contribution in [2.75, 3.05) is 0 Å². The van der Waals surface area contributed by atoms with Gasteiger partial charge in [0.1, 0.15) is 4.88 Å². The van der Waals surface area contributed by atoms with Crippen molar-refractivity contribution in [2.45, 2.75) is 6.92 Å². The summed E-state index contributed by atoms with van der Waals surface area (Å²) in [6.07, 6.45) is 1.33. The zero-order valence-electron chi connectivity index (χ0n) is 9.12. The molecule has 84 valence electrons. The van der Waals surface area contributed by atoms with Crippen LogP contribution in [-0.2, 0) is 0 Å². The van der Waals surface area contributed by atoms with Gasteiger partial charge >= 0.3 is 0 Å². The van der Waals surface area contributed by atoms with Crippen molar-refractivity contribution in [3.05, 3.63) is 41.7 Å². The van der Waals surface area contributed by atoms with Crippen LogP contribution in [0.15, 0.2) is 41.1 Å². The van der Waals surface area contributed by atoms with Crippen molar-refractivity contribution < 1.29 is 4.42 Å². The molecule has 2 aromatic heterocycles. The maximum Gasteiger partial charge on any atom is 0.259 e. The molecule has 4 nitrogen and oxygen atoms in total. The monoisotopic (exact) mass is 243 g/mol. The number of rotatable bonds is 2. The van der Waals surface area contributed by atoms with Crippen LogP contribution in [0.25, 0.3) is 22.0 Å². The fourth-order valence-corrected chi connectivity index (χ4v) is 2.50. The highest BCUT2D eigenvalue weighted by Crippen LogP contribution is 2.35. The zero-order chi connectivity index (χ0) is 11.7. The van der Waals surface area contributed by atoms with Gasteiger partial charge in [-0.3, -0.25) is 0 Å². The fraction of sp³-hybridized carbons (Fsp3) is 0.0833. The van der Waals surface area contributed by atoms with E-state index in [0.29, 0.717) is 5.89 Å². The Labute approximate surface area is 102 Å². The molecule has 0 saturated heterocycles. The van der Waals surface area contributed by atoms with Gasteiger partial charge in [0.15, 0.2) is 0 Å². The first-order valence-electron chi connectivity index (χ1n) is 5.14. The van der Waals surface area contributed by atoms with Crippen LogP contribution in [0, 0.1) is 6.92 Å². The molecule has 0 N–H and O–H groups in total. The maximum absolute atomic E-state index is 5.24. The molecule has 3 aromatic rings. The Morgan fingerprint density at radius 3 is 2.71 bits per heavy atom. The molecule has 1 aromatic carbocycles. The van der Waals surface area contributed by atoms with Gasteiger partial charge in [-0.05, 0) is 6.92 Å². The predicted molar refractivity (Wildman–Crippen MR) is 65.6 cm³/mol. The van der Waals surface area contributed by atoms with Gasteiger partial charge in [0, 0.05) is 5.56 Å².